The number of ether oxygens (including phenoxy) is 2. The molecule has 1 aromatic carbocycles. The van der Waals surface area contributed by atoms with Crippen molar-refractivity contribution >= 4 is 35.1 Å². The summed E-state index contributed by atoms with van der Waals surface area (Å²) in [6.07, 6.45) is 4.70. The van der Waals surface area contributed by atoms with Gasteiger partial charge in [0.15, 0.2) is 0 Å². The normalized spacial score (nSPS) is 28.6. The molecule has 35 heavy (non-hydrogen) atoms. The Labute approximate surface area is 210 Å². The van der Waals surface area contributed by atoms with Gasteiger partial charge >= 0.3 is 5.97 Å². The van der Waals surface area contributed by atoms with Crippen molar-refractivity contribution in [3.63, 3.8) is 0 Å². The van der Waals surface area contributed by atoms with E-state index < -0.39 is 35.6 Å². The Morgan fingerprint density at radius 3 is 2.66 bits per heavy atom. The van der Waals surface area contributed by atoms with Gasteiger partial charge in [-0.05, 0) is 49.9 Å². The van der Waals surface area contributed by atoms with Crippen molar-refractivity contribution in [1.29, 1.82) is 0 Å². The molecule has 1 N–H and O–H groups in total. The van der Waals surface area contributed by atoms with Crippen LogP contribution in [0, 0.1) is 11.8 Å². The number of amides is 2. The topological polar surface area (TPSA) is 96.4 Å². The lowest BCUT2D eigenvalue weighted by atomic mass is 9.70. The van der Waals surface area contributed by atoms with Crippen molar-refractivity contribution in [2.75, 3.05) is 31.2 Å². The van der Waals surface area contributed by atoms with E-state index in [1.54, 1.807) is 40.1 Å². The molecule has 0 aliphatic carbocycles. The fourth-order valence-electron chi connectivity index (χ4n) is 5.79. The lowest BCUT2D eigenvalue weighted by Gasteiger charge is -2.36. The average Bonchev–Trinajstić information content (AvgIpc) is 3.49. The number of aliphatic hydroxyl groups is 1. The number of esters is 1. The van der Waals surface area contributed by atoms with E-state index >= 15 is 0 Å². The number of benzene rings is 1. The number of hydrogen-bond donors (Lipinski definition) is 1. The molecule has 0 radical (unpaired) electrons. The van der Waals surface area contributed by atoms with Crippen LogP contribution in [-0.2, 0) is 23.9 Å². The molecule has 3 aliphatic heterocycles. The molecule has 2 unspecified atom stereocenters. The smallest absolute Gasteiger partial charge is 0.312 e. The van der Waals surface area contributed by atoms with Gasteiger partial charge in [0.05, 0.1) is 17.9 Å². The average molecular weight is 503 g/mol. The van der Waals surface area contributed by atoms with Gasteiger partial charge in [0.25, 0.3) is 5.91 Å². The Hall–Kier alpha value is -2.68. The highest BCUT2D eigenvalue weighted by molar-refractivity contribution is 6.30. The molecular formula is C26H31ClN2O6. The molecule has 3 fully saturated rings. The number of anilines is 1. The fraction of sp³-hybridized carbons (Fsp3) is 0.500. The fourth-order valence-corrected chi connectivity index (χ4v) is 5.92. The Kier molecular flexibility index (Phi) is 7.64. The summed E-state index contributed by atoms with van der Waals surface area (Å²) < 4.78 is 11.7. The van der Waals surface area contributed by atoms with Crippen LogP contribution in [0.15, 0.2) is 49.6 Å². The van der Waals surface area contributed by atoms with Crippen LogP contribution < -0.4 is 4.90 Å². The lowest BCUT2D eigenvalue weighted by molar-refractivity contribution is -0.154. The molecular weight excluding hydrogens is 472 g/mol. The summed E-state index contributed by atoms with van der Waals surface area (Å²) in [4.78, 5) is 44.0. The minimum atomic E-state index is -1.11. The summed E-state index contributed by atoms with van der Waals surface area (Å²) in [5.74, 6) is -2.64. The third-order valence-corrected chi connectivity index (χ3v) is 7.42. The van der Waals surface area contributed by atoms with Crippen molar-refractivity contribution in [3.05, 3.63) is 54.6 Å². The number of fused-ring (bicyclic) bond motifs is 1. The zero-order valence-corrected chi connectivity index (χ0v) is 20.4. The second kappa shape index (κ2) is 10.5. The predicted molar refractivity (Wildman–Crippen MR) is 131 cm³/mol. The zero-order chi connectivity index (χ0) is 25.2. The van der Waals surface area contributed by atoms with E-state index in [4.69, 9.17) is 21.1 Å². The Morgan fingerprint density at radius 1 is 1.26 bits per heavy atom. The van der Waals surface area contributed by atoms with Gasteiger partial charge in [-0.15, -0.1) is 6.58 Å². The molecule has 1 spiro atoms. The number of halogens is 1. The van der Waals surface area contributed by atoms with E-state index in [1.807, 2.05) is 0 Å². The van der Waals surface area contributed by atoms with Crippen LogP contribution in [0.5, 0.6) is 0 Å². The Balaban J connectivity index is 1.72. The molecule has 3 saturated heterocycles. The molecule has 0 aromatic heterocycles. The number of likely N-dealkylation sites (tertiary alicyclic amines) is 1. The minimum absolute atomic E-state index is 0.0162. The van der Waals surface area contributed by atoms with E-state index in [-0.39, 0.29) is 38.1 Å². The standard InChI is InChI=1S/C26H31ClN2O6/c1-3-13-28(18-9-7-17(27)8-10-18)24(32)22-26-12-11-19(35-26)20(25(33)34-16-4-2)21(26)23(31)29(22)14-5-6-15-30/h3-4,7-10,19-22,30H,1-2,5-6,11-16H2/t19-,20+,21+,22?,26?/m1/s1. The van der Waals surface area contributed by atoms with Gasteiger partial charge in [-0.3, -0.25) is 14.4 Å². The van der Waals surface area contributed by atoms with Gasteiger partial charge in [0.1, 0.15) is 18.2 Å². The van der Waals surface area contributed by atoms with Gasteiger partial charge in [0.2, 0.25) is 5.91 Å². The molecule has 188 valence electrons. The van der Waals surface area contributed by atoms with Crippen LogP contribution in [-0.4, -0.2) is 71.8 Å². The number of aliphatic hydroxyl groups excluding tert-OH is 1. The molecule has 1 aromatic rings. The third-order valence-electron chi connectivity index (χ3n) is 7.17. The van der Waals surface area contributed by atoms with Crippen LogP contribution in [0.3, 0.4) is 0 Å². The van der Waals surface area contributed by atoms with Crippen molar-refractivity contribution in [2.45, 2.75) is 43.4 Å². The van der Waals surface area contributed by atoms with E-state index in [2.05, 4.69) is 13.2 Å². The van der Waals surface area contributed by atoms with Crippen LogP contribution in [0.4, 0.5) is 5.69 Å². The molecule has 2 bridgehead atoms. The molecule has 3 aliphatic rings. The first-order valence-electron chi connectivity index (χ1n) is 11.9. The molecule has 9 heteroatoms. The highest BCUT2D eigenvalue weighted by Gasteiger charge is 2.75. The van der Waals surface area contributed by atoms with Crippen molar-refractivity contribution in [2.24, 2.45) is 11.8 Å². The summed E-state index contributed by atoms with van der Waals surface area (Å²) in [5.41, 5.74) is -0.488. The number of carbonyl (C=O) groups excluding carboxylic acids is 3. The summed E-state index contributed by atoms with van der Waals surface area (Å²) >= 11 is 6.05. The van der Waals surface area contributed by atoms with Gasteiger partial charge in [-0.25, -0.2) is 0 Å². The molecule has 0 saturated carbocycles. The minimum Gasteiger partial charge on any atom is -0.461 e. The van der Waals surface area contributed by atoms with E-state index in [9.17, 15) is 19.5 Å². The maximum absolute atomic E-state index is 14.2. The monoisotopic (exact) mass is 502 g/mol. The number of unbranched alkanes of at least 4 members (excludes halogenated alkanes) is 1. The third kappa shape index (κ3) is 4.39. The highest BCUT2D eigenvalue weighted by atomic mass is 35.5. The second-order valence-electron chi connectivity index (χ2n) is 9.15. The summed E-state index contributed by atoms with van der Waals surface area (Å²) in [6, 6.07) is 5.98. The molecule has 5 atom stereocenters. The lowest BCUT2D eigenvalue weighted by Crippen LogP contribution is -2.56. The first-order chi connectivity index (χ1) is 16.9. The largest absolute Gasteiger partial charge is 0.461 e. The second-order valence-corrected chi connectivity index (χ2v) is 9.59. The summed E-state index contributed by atoms with van der Waals surface area (Å²) in [7, 11) is 0. The number of nitrogens with zero attached hydrogens (tertiary/aromatic N) is 2. The summed E-state index contributed by atoms with van der Waals surface area (Å²) in [6.45, 7) is 7.90. The zero-order valence-electron chi connectivity index (χ0n) is 19.6. The Morgan fingerprint density at radius 2 is 2.00 bits per heavy atom. The first kappa shape index (κ1) is 25.4. The van der Waals surface area contributed by atoms with Crippen LogP contribution in [0.1, 0.15) is 25.7 Å². The van der Waals surface area contributed by atoms with Crippen molar-refractivity contribution in [1.82, 2.24) is 4.90 Å². The summed E-state index contributed by atoms with van der Waals surface area (Å²) in [5, 5.41) is 9.82. The maximum atomic E-state index is 14.2. The van der Waals surface area contributed by atoms with Gasteiger partial charge in [-0.1, -0.05) is 30.3 Å². The highest BCUT2D eigenvalue weighted by Crippen LogP contribution is 2.59. The molecule has 2 amide bonds. The van der Waals surface area contributed by atoms with Crippen LogP contribution in [0.25, 0.3) is 0 Å². The Bertz CT molecular complexity index is 998. The van der Waals surface area contributed by atoms with Crippen molar-refractivity contribution < 1.29 is 29.0 Å². The SMILES string of the molecule is C=CCOC(=O)[C@@H]1[C@H]2C(=O)N(CCCCO)C(C(=O)N(CC=C)c3ccc(Cl)cc3)C23CC[C@H]1O3. The molecule has 8 nitrogen and oxygen atoms in total. The predicted octanol–water partition coefficient (Wildman–Crippen LogP) is 2.74. The van der Waals surface area contributed by atoms with Gasteiger partial charge in [0, 0.05) is 30.4 Å². The molecule has 4 rings (SSSR count). The first-order valence-corrected chi connectivity index (χ1v) is 12.3. The number of rotatable bonds is 11. The number of carbonyl (C=O) groups is 3. The maximum Gasteiger partial charge on any atom is 0.312 e. The van der Waals surface area contributed by atoms with Gasteiger partial charge < -0.3 is 24.4 Å². The quantitative estimate of drug-likeness (QED) is 0.284. The number of hydrogen-bond acceptors (Lipinski definition) is 6. The van der Waals surface area contributed by atoms with E-state index in [1.165, 1.54) is 6.08 Å². The van der Waals surface area contributed by atoms with Crippen LogP contribution >= 0.6 is 11.6 Å². The van der Waals surface area contributed by atoms with Crippen LogP contribution in [0.2, 0.25) is 5.02 Å². The van der Waals surface area contributed by atoms with E-state index in [0.717, 1.165) is 0 Å². The molecule has 3 heterocycles. The van der Waals surface area contributed by atoms with E-state index in [0.29, 0.717) is 36.4 Å². The van der Waals surface area contributed by atoms with Gasteiger partial charge in [-0.2, -0.15) is 0 Å². The van der Waals surface area contributed by atoms with Crippen molar-refractivity contribution in [3.8, 4) is 0 Å².